The van der Waals surface area contributed by atoms with Crippen LogP contribution in [0.4, 0.5) is 24.5 Å². The number of benzene rings is 2. The number of carbonyl (C=O) groups is 2. The highest BCUT2D eigenvalue weighted by Gasteiger charge is 2.43. The molecule has 1 saturated heterocycles. The van der Waals surface area contributed by atoms with E-state index in [4.69, 9.17) is 39.2 Å². The Labute approximate surface area is 225 Å². The van der Waals surface area contributed by atoms with Crippen LogP contribution in [0.1, 0.15) is 5.76 Å². The van der Waals surface area contributed by atoms with E-state index in [1.807, 2.05) is 0 Å². The molecule has 0 bridgehead atoms. The third-order valence-corrected chi connectivity index (χ3v) is 6.73. The van der Waals surface area contributed by atoms with Crippen molar-refractivity contribution in [3.63, 3.8) is 0 Å². The van der Waals surface area contributed by atoms with Gasteiger partial charge in [0, 0.05) is 43.5 Å². The van der Waals surface area contributed by atoms with Gasteiger partial charge in [-0.1, -0.05) is 40.9 Å². The highest BCUT2D eigenvalue weighted by Crippen LogP contribution is 2.34. The standard InChI is InChI=1S/C25H19Cl3F3N3O3/c26-18-3-1-2-17(23(18)28)21-8-5-16(37-21)6-9-22(35)32-15-4-7-20(19(27)14-15)33-10-12-34(13-11-33)24(36)25(29,30)31/h1-9,14H,10-13H2,(H,32,35)/b9-6+. The van der Waals surface area contributed by atoms with Crippen LogP contribution in [0.2, 0.25) is 15.1 Å². The molecule has 1 aliphatic heterocycles. The summed E-state index contributed by atoms with van der Waals surface area (Å²) < 4.78 is 43.6. The van der Waals surface area contributed by atoms with Crippen LogP contribution in [0.3, 0.4) is 0 Å². The Bertz CT molecular complexity index is 1350. The minimum atomic E-state index is -4.89. The summed E-state index contributed by atoms with van der Waals surface area (Å²) in [6.45, 7) is 0.245. The highest BCUT2D eigenvalue weighted by molar-refractivity contribution is 6.43. The molecule has 6 nitrogen and oxygen atoms in total. The summed E-state index contributed by atoms with van der Waals surface area (Å²) in [5.74, 6) is -1.35. The summed E-state index contributed by atoms with van der Waals surface area (Å²) in [6, 6.07) is 13.4. The van der Waals surface area contributed by atoms with Crippen molar-refractivity contribution in [3.05, 3.63) is 75.4 Å². The lowest BCUT2D eigenvalue weighted by Gasteiger charge is -2.36. The van der Waals surface area contributed by atoms with Crippen LogP contribution in [-0.2, 0) is 9.59 Å². The second-order valence-electron chi connectivity index (χ2n) is 8.07. The summed E-state index contributed by atoms with van der Waals surface area (Å²) in [7, 11) is 0. The third-order valence-electron chi connectivity index (χ3n) is 5.61. The number of halogens is 6. The third kappa shape index (κ3) is 6.41. The van der Waals surface area contributed by atoms with Gasteiger partial charge in [-0.15, -0.1) is 0 Å². The molecule has 2 aromatic carbocycles. The Balaban J connectivity index is 1.35. The Morgan fingerprint density at radius 3 is 2.35 bits per heavy atom. The molecule has 194 valence electrons. The van der Waals surface area contributed by atoms with Crippen molar-refractivity contribution in [2.24, 2.45) is 0 Å². The lowest BCUT2D eigenvalue weighted by molar-refractivity contribution is -0.185. The fourth-order valence-corrected chi connectivity index (χ4v) is 4.49. The molecule has 0 spiro atoms. The van der Waals surface area contributed by atoms with E-state index in [1.54, 1.807) is 53.4 Å². The summed E-state index contributed by atoms with van der Waals surface area (Å²) in [5.41, 5.74) is 1.65. The highest BCUT2D eigenvalue weighted by atomic mass is 35.5. The van der Waals surface area contributed by atoms with Gasteiger partial charge in [-0.3, -0.25) is 9.59 Å². The first-order valence-electron chi connectivity index (χ1n) is 11.0. The number of hydrogen-bond donors (Lipinski definition) is 1. The zero-order valence-electron chi connectivity index (χ0n) is 19.0. The van der Waals surface area contributed by atoms with Crippen molar-refractivity contribution >= 4 is 64.1 Å². The van der Waals surface area contributed by atoms with Gasteiger partial charge in [-0.25, -0.2) is 0 Å². The van der Waals surface area contributed by atoms with Crippen LogP contribution in [0.5, 0.6) is 0 Å². The molecule has 4 rings (SSSR count). The molecule has 0 radical (unpaired) electrons. The van der Waals surface area contributed by atoms with E-state index in [0.717, 1.165) is 4.90 Å². The molecule has 2 amide bonds. The molecular formula is C25H19Cl3F3N3O3. The van der Waals surface area contributed by atoms with E-state index in [9.17, 15) is 22.8 Å². The SMILES string of the molecule is O=C(/C=C/c1ccc(-c2cccc(Cl)c2Cl)o1)Nc1ccc(N2CCN(C(=O)C(F)(F)F)CC2)c(Cl)c1. The van der Waals surface area contributed by atoms with Crippen LogP contribution in [0.25, 0.3) is 17.4 Å². The van der Waals surface area contributed by atoms with Gasteiger partial charge < -0.3 is 19.5 Å². The van der Waals surface area contributed by atoms with Crippen molar-refractivity contribution in [2.45, 2.75) is 6.18 Å². The van der Waals surface area contributed by atoms with Gasteiger partial charge in [-0.2, -0.15) is 13.2 Å². The van der Waals surface area contributed by atoms with E-state index in [2.05, 4.69) is 5.32 Å². The van der Waals surface area contributed by atoms with Crippen molar-refractivity contribution < 1.29 is 27.2 Å². The first-order chi connectivity index (χ1) is 17.5. The van der Waals surface area contributed by atoms with E-state index < -0.39 is 18.0 Å². The molecule has 0 saturated carbocycles. The number of anilines is 2. The van der Waals surface area contributed by atoms with Gasteiger partial charge in [0.25, 0.3) is 0 Å². The van der Waals surface area contributed by atoms with E-state index >= 15 is 0 Å². The number of alkyl halides is 3. The number of rotatable bonds is 5. The van der Waals surface area contributed by atoms with Gasteiger partial charge in [0.2, 0.25) is 5.91 Å². The Hall–Kier alpha value is -3.14. The zero-order chi connectivity index (χ0) is 26.7. The smallest absolute Gasteiger partial charge is 0.457 e. The lowest BCUT2D eigenvalue weighted by atomic mass is 10.2. The van der Waals surface area contributed by atoms with Crippen LogP contribution < -0.4 is 10.2 Å². The summed E-state index contributed by atoms with van der Waals surface area (Å²) in [4.78, 5) is 26.3. The summed E-state index contributed by atoms with van der Waals surface area (Å²) >= 11 is 18.6. The normalized spacial score (nSPS) is 14.3. The Morgan fingerprint density at radius 2 is 1.68 bits per heavy atom. The second-order valence-corrected chi connectivity index (χ2v) is 9.26. The molecule has 1 aromatic heterocycles. The van der Waals surface area contributed by atoms with Crippen LogP contribution in [0.15, 0.2) is 59.0 Å². The number of hydrogen-bond acceptors (Lipinski definition) is 4. The van der Waals surface area contributed by atoms with Gasteiger partial charge in [-0.05, 0) is 48.5 Å². The van der Waals surface area contributed by atoms with Gasteiger partial charge in [0.05, 0.1) is 20.8 Å². The maximum atomic E-state index is 12.6. The fraction of sp³-hybridized carbons (Fsp3) is 0.200. The number of furan rings is 1. The van der Waals surface area contributed by atoms with Crippen molar-refractivity contribution in [1.29, 1.82) is 0 Å². The maximum Gasteiger partial charge on any atom is 0.471 e. The first kappa shape index (κ1) is 26.9. The van der Waals surface area contributed by atoms with E-state index in [0.29, 0.717) is 43.5 Å². The molecule has 0 atom stereocenters. The minimum absolute atomic E-state index is 0.0734. The lowest BCUT2D eigenvalue weighted by Crippen LogP contribution is -2.52. The number of amides is 2. The zero-order valence-corrected chi connectivity index (χ0v) is 21.3. The van der Waals surface area contributed by atoms with Crippen molar-refractivity contribution in [2.75, 3.05) is 36.4 Å². The van der Waals surface area contributed by atoms with Crippen molar-refractivity contribution in [3.8, 4) is 11.3 Å². The average molecular weight is 573 g/mol. The van der Waals surface area contributed by atoms with Gasteiger partial charge >= 0.3 is 12.1 Å². The van der Waals surface area contributed by atoms with Crippen molar-refractivity contribution in [1.82, 2.24) is 4.90 Å². The monoisotopic (exact) mass is 571 g/mol. The quantitative estimate of drug-likeness (QED) is 0.343. The average Bonchev–Trinajstić information content (AvgIpc) is 3.32. The Kier molecular flexibility index (Phi) is 8.06. The maximum absolute atomic E-state index is 12.6. The summed E-state index contributed by atoms with van der Waals surface area (Å²) in [5, 5.41) is 3.76. The minimum Gasteiger partial charge on any atom is -0.457 e. The Morgan fingerprint density at radius 1 is 0.946 bits per heavy atom. The predicted octanol–water partition coefficient (Wildman–Crippen LogP) is 6.77. The van der Waals surface area contributed by atoms with Gasteiger partial charge in [0.1, 0.15) is 11.5 Å². The van der Waals surface area contributed by atoms with E-state index in [-0.39, 0.29) is 26.2 Å². The molecule has 1 fully saturated rings. The number of nitrogens with one attached hydrogen (secondary N) is 1. The van der Waals surface area contributed by atoms with Crippen LogP contribution in [0, 0.1) is 0 Å². The predicted molar refractivity (Wildman–Crippen MR) is 138 cm³/mol. The number of carbonyl (C=O) groups excluding carboxylic acids is 2. The molecule has 0 aliphatic carbocycles. The number of piperazine rings is 1. The van der Waals surface area contributed by atoms with Crippen LogP contribution in [-0.4, -0.2) is 49.1 Å². The van der Waals surface area contributed by atoms with Gasteiger partial charge in [0.15, 0.2) is 0 Å². The van der Waals surface area contributed by atoms with E-state index in [1.165, 1.54) is 12.2 Å². The summed E-state index contributed by atoms with van der Waals surface area (Å²) in [6.07, 6.45) is -2.10. The molecule has 2 heterocycles. The first-order valence-corrected chi connectivity index (χ1v) is 12.1. The molecule has 12 heteroatoms. The topological polar surface area (TPSA) is 65.8 Å². The fourth-order valence-electron chi connectivity index (χ4n) is 3.79. The molecular weight excluding hydrogens is 554 g/mol. The molecule has 37 heavy (non-hydrogen) atoms. The second kappa shape index (κ2) is 11.1. The van der Waals surface area contributed by atoms with Crippen LogP contribution >= 0.6 is 34.8 Å². The number of nitrogens with zero attached hydrogens (tertiary/aromatic N) is 2. The largest absolute Gasteiger partial charge is 0.471 e. The molecule has 1 N–H and O–H groups in total. The molecule has 1 aliphatic rings. The molecule has 0 unspecified atom stereocenters. The molecule has 3 aromatic rings.